The Kier molecular flexibility index (Phi) is 1.84. The fourth-order valence-electron chi connectivity index (χ4n) is 1.04. The van der Waals surface area contributed by atoms with Crippen molar-refractivity contribution >= 4 is 0 Å². The van der Waals surface area contributed by atoms with Crippen LogP contribution >= 0.6 is 0 Å². The van der Waals surface area contributed by atoms with E-state index in [1.807, 2.05) is 0 Å². The zero-order chi connectivity index (χ0) is 6.74. The zero-order valence-electron chi connectivity index (χ0n) is 5.89. The van der Waals surface area contributed by atoms with Crippen molar-refractivity contribution in [1.82, 2.24) is 0 Å². The quantitative estimate of drug-likeness (QED) is 0.533. The van der Waals surface area contributed by atoms with Gasteiger partial charge in [0.1, 0.15) is 5.54 Å². The molecule has 2 nitrogen and oxygen atoms in total. The predicted molar refractivity (Wildman–Crippen MR) is 37.3 cm³/mol. The number of unbranched alkanes of at least 4 members (excludes halogenated alkanes) is 1. The molecule has 0 bridgehead atoms. The maximum absolute atomic E-state index is 10.1. The molecule has 1 rings (SSSR count). The number of rotatable bonds is 4. The molecular weight excluding hydrogens is 114 g/mol. The van der Waals surface area contributed by atoms with Gasteiger partial charge in [-0.25, -0.2) is 0 Å². The van der Waals surface area contributed by atoms with Crippen molar-refractivity contribution < 1.29 is 0 Å². The molecule has 0 unspecified atom stereocenters. The predicted octanol–water partition coefficient (Wildman–Crippen LogP) is 2.48. The van der Waals surface area contributed by atoms with Crippen LogP contribution in [-0.2, 0) is 0 Å². The molecule has 0 radical (unpaired) electrons. The van der Waals surface area contributed by atoms with Gasteiger partial charge in [0.2, 0.25) is 0 Å². The summed E-state index contributed by atoms with van der Waals surface area (Å²) < 4.78 is 0. The second-order valence-electron chi connectivity index (χ2n) is 2.92. The van der Waals surface area contributed by atoms with Gasteiger partial charge in [-0.15, -0.1) is 0 Å². The van der Waals surface area contributed by atoms with Gasteiger partial charge in [-0.05, 0) is 19.3 Å². The van der Waals surface area contributed by atoms with Gasteiger partial charge in [-0.1, -0.05) is 24.9 Å². The Morgan fingerprint density at radius 3 is 2.56 bits per heavy atom. The number of nitrogens with zero attached hydrogens (tertiary/aromatic N) is 1. The average molecular weight is 127 g/mol. The van der Waals surface area contributed by atoms with Crippen molar-refractivity contribution in [2.24, 2.45) is 5.18 Å². The Hall–Kier alpha value is -0.400. The summed E-state index contributed by atoms with van der Waals surface area (Å²) in [7, 11) is 0. The highest BCUT2D eigenvalue weighted by molar-refractivity contribution is 5.01. The Balaban J connectivity index is 2.17. The summed E-state index contributed by atoms with van der Waals surface area (Å²) >= 11 is 0. The SMILES string of the molecule is CCCCC1(N=O)CC1. The van der Waals surface area contributed by atoms with Gasteiger partial charge in [0, 0.05) is 0 Å². The van der Waals surface area contributed by atoms with Gasteiger partial charge in [-0.3, -0.25) is 0 Å². The minimum absolute atomic E-state index is 0.0873. The van der Waals surface area contributed by atoms with E-state index in [0.717, 1.165) is 25.7 Å². The molecule has 0 aliphatic heterocycles. The van der Waals surface area contributed by atoms with Crippen molar-refractivity contribution in [3.63, 3.8) is 0 Å². The number of hydrogen-bond donors (Lipinski definition) is 0. The molecule has 1 saturated carbocycles. The fourth-order valence-corrected chi connectivity index (χ4v) is 1.04. The summed E-state index contributed by atoms with van der Waals surface area (Å²) in [6.07, 6.45) is 5.43. The van der Waals surface area contributed by atoms with Crippen LogP contribution in [0.15, 0.2) is 5.18 Å². The molecule has 0 aromatic heterocycles. The summed E-state index contributed by atoms with van der Waals surface area (Å²) in [6.45, 7) is 2.14. The lowest BCUT2D eigenvalue weighted by Crippen LogP contribution is -2.01. The molecule has 0 heterocycles. The van der Waals surface area contributed by atoms with Crippen LogP contribution in [0.3, 0.4) is 0 Å². The van der Waals surface area contributed by atoms with E-state index >= 15 is 0 Å². The van der Waals surface area contributed by atoms with Crippen molar-refractivity contribution in [2.75, 3.05) is 0 Å². The van der Waals surface area contributed by atoms with E-state index in [1.165, 1.54) is 6.42 Å². The lowest BCUT2D eigenvalue weighted by Gasteiger charge is -2.01. The first-order valence-corrected chi connectivity index (χ1v) is 3.67. The molecule has 0 saturated heterocycles. The third-order valence-electron chi connectivity index (χ3n) is 2.02. The van der Waals surface area contributed by atoms with E-state index < -0.39 is 0 Å². The Bertz CT molecular complexity index is 107. The minimum atomic E-state index is -0.0873. The van der Waals surface area contributed by atoms with Gasteiger partial charge in [0.05, 0.1) is 0 Å². The van der Waals surface area contributed by atoms with Crippen LogP contribution in [0.2, 0.25) is 0 Å². The van der Waals surface area contributed by atoms with E-state index in [0.29, 0.717) is 0 Å². The number of hydrogen-bond acceptors (Lipinski definition) is 2. The molecule has 0 aromatic carbocycles. The Morgan fingerprint density at radius 2 is 2.22 bits per heavy atom. The van der Waals surface area contributed by atoms with Gasteiger partial charge in [0.15, 0.2) is 0 Å². The van der Waals surface area contributed by atoms with E-state index in [4.69, 9.17) is 0 Å². The third-order valence-corrected chi connectivity index (χ3v) is 2.02. The molecule has 0 atom stereocenters. The third kappa shape index (κ3) is 1.50. The smallest absolute Gasteiger partial charge is 0.103 e. The molecule has 9 heavy (non-hydrogen) atoms. The molecule has 0 N–H and O–H groups in total. The van der Waals surface area contributed by atoms with Gasteiger partial charge < -0.3 is 0 Å². The van der Waals surface area contributed by atoms with Crippen LogP contribution in [0.1, 0.15) is 39.0 Å². The molecule has 2 heteroatoms. The summed E-state index contributed by atoms with van der Waals surface area (Å²) in [6, 6.07) is 0. The summed E-state index contributed by atoms with van der Waals surface area (Å²) in [5.74, 6) is 0. The highest BCUT2D eigenvalue weighted by Crippen LogP contribution is 2.43. The Labute approximate surface area is 55.6 Å². The van der Waals surface area contributed by atoms with E-state index in [2.05, 4.69) is 12.1 Å². The van der Waals surface area contributed by atoms with Crippen molar-refractivity contribution in [2.45, 2.75) is 44.6 Å². The highest BCUT2D eigenvalue weighted by Gasteiger charge is 2.43. The van der Waals surface area contributed by atoms with E-state index in [9.17, 15) is 4.91 Å². The normalized spacial score (nSPS) is 21.4. The van der Waals surface area contributed by atoms with Crippen molar-refractivity contribution in [1.29, 1.82) is 0 Å². The molecule has 0 spiro atoms. The molecule has 0 amide bonds. The van der Waals surface area contributed by atoms with E-state index in [1.54, 1.807) is 0 Å². The van der Waals surface area contributed by atoms with Gasteiger partial charge in [-0.2, -0.15) is 4.91 Å². The van der Waals surface area contributed by atoms with Crippen LogP contribution in [-0.4, -0.2) is 5.54 Å². The van der Waals surface area contributed by atoms with Crippen LogP contribution in [0, 0.1) is 4.91 Å². The van der Waals surface area contributed by atoms with Crippen LogP contribution < -0.4 is 0 Å². The first kappa shape index (κ1) is 6.72. The maximum Gasteiger partial charge on any atom is 0.103 e. The number of nitroso groups, excluding NO2 is 1. The maximum atomic E-state index is 10.1. The van der Waals surface area contributed by atoms with Crippen LogP contribution in [0.5, 0.6) is 0 Å². The topological polar surface area (TPSA) is 29.4 Å². The highest BCUT2D eigenvalue weighted by atomic mass is 16.3. The standard InChI is InChI=1S/C7H13NO/c1-2-3-4-7(8-9)5-6-7/h2-6H2,1H3. The lowest BCUT2D eigenvalue weighted by molar-refractivity contribution is 0.568. The van der Waals surface area contributed by atoms with Crippen molar-refractivity contribution in [3.8, 4) is 0 Å². The second-order valence-corrected chi connectivity index (χ2v) is 2.92. The summed E-state index contributed by atoms with van der Waals surface area (Å²) in [4.78, 5) is 10.1. The van der Waals surface area contributed by atoms with E-state index in [-0.39, 0.29) is 5.54 Å². The van der Waals surface area contributed by atoms with Gasteiger partial charge in [0.25, 0.3) is 0 Å². The molecule has 1 aliphatic rings. The van der Waals surface area contributed by atoms with Crippen LogP contribution in [0.25, 0.3) is 0 Å². The molecule has 1 fully saturated rings. The second kappa shape index (κ2) is 2.46. The fraction of sp³-hybridized carbons (Fsp3) is 1.00. The first-order chi connectivity index (χ1) is 4.33. The summed E-state index contributed by atoms with van der Waals surface area (Å²) in [5, 5.41) is 3.12. The Morgan fingerprint density at radius 1 is 1.56 bits per heavy atom. The zero-order valence-corrected chi connectivity index (χ0v) is 5.89. The molecule has 0 aromatic rings. The van der Waals surface area contributed by atoms with Crippen LogP contribution in [0.4, 0.5) is 0 Å². The molecule has 1 aliphatic carbocycles. The lowest BCUT2D eigenvalue weighted by atomic mass is 10.1. The molecular formula is C7H13NO. The average Bonchev–Trinajstić information content (AvgIpc) is 2.65. The first-order valence-electron chi connectivity index (χ1n) is 3.67. The monoisotopic (exact) mass is 127 g/mol. The minimum Gasteiger partial charge on any atom is -0.150 e. The summed E-state index contributed by atoms with van der Waals surface area (Å²) in [5.41, 5.74) is -0.0873. The van der Waals surface area contributed by atoms with Crippen molar-refractivity contribution in [3.05, 3.63) is 4.91 Å². The largest absolute Gasteiger partial charge is 0.150 e. The molecule has 52 valence electrons. The van der Waals surface area contributed by atoms with Gasteiger partial charge >= 0.3 is 0 Å².